The van der Waals surface area contributed by atoms with Crippen molar-refractivity contribution < 1.29 is 0 Å². The van der Waals surface area contributed by atoms with Gasteiger partial charge in [-0.1, -0.05) is 12.2 Å². The molecule has 0 aromatic heterocycles. The third kappa shape index (κ3) is 1.22. The molecule has 66 valence electrons. The second kappa shape index (κ2) is 2.74. The first-order chi connectivity index (χ1) is 5.70. The highest BCUT2D eigenvalue weighted by molar-refractivity contribution is 5.38. The lowest BCUT2D eigenvalue weighted by molar-refractivity contribution is 0.491. The number of hydrogen-bond acceptors (Lipinski definition) is 1. The van der Waals surface area contributed by atoms with Crippen molar-refractivity contribution in [3.05, 3.63) is 23.3 Å². The van der Waals surface area contributed by atoms with Crippen molar-refractivity contribution in [2.24, 2.45) is 5.73 Å². The minimum atomic E-state index is -0.0372. The SMILES string of the molecule is CC1(N)CC=CC2=C1CCCC2. The molecule has 0 aromatic carbocycles. The van der Waals surface area contributed by atoms with Crippen LogP contribution in [0.5, 0.6) is 0 Å². The molecule has 12 heavy (non-hydrogen) atoms. The van der Waals surface area contributed by atoms with Crippen molar-refractivity contribution in [3.63, 3.8) is 0 Å². The maximum atomic E-state index is 6.22. The Kier molecular flexibility index (Phi) is 1.84. The maximum absolute atomic E-state index is 6.22. The lowest BCUT2D eigenvalue weighted by atomic mass is 9.75. The van der Waals surface area contributed by atoms with E-state index in [2.05, 4.69) is 19.1 Å². The van der Waals surface area contributed by atoms with E-state index in [1.54, 1.807) is 0 Å². The molecule has 0 radical (unpaired) electrons. The van der Waals surface area contributed by atoms with E-state index in [1.165, 1.54) is 36.8 Å². The summed E-state index contributed by atoms with van der Waals surface area (Å²) in [5.41, 5.74) is 9.24. The second-order valence-corrected chi connectivity index (χ2v) is 4.23. The van der Waals surface area contributed by atoms with Crippen LogP contribution in [0, 0.1) is 0 Å². The molecule has 0 spiro atoms. The van der Waals surface area contributed by atoms with Crippen LogP contribution in [0.25, 0.3) is 0 Å². The van der Waals surface area contributed by atoms with Crippen LogP contribution >= 0.6 is 0 Å². The second-order valence-electron chi connectivity index (χ2n) is 4.23. The topological polar surface area (TPSA) is 26.0 Å². The van der Waals surface area contributed by atoms with E-state index in [0.717, 1.165) is 6.42 Å². The molecule has 1 atom stereocenters. The van der Waals surface area contributed by atoms with Crippen molar-refractivity contribution in [2.45, 2.75) is 44.6 Å². The van der Waals surface area contributed by atoms with Gasteiger partial charge < -0.3 is 5.73 Å². The van der Waals surface area contributed by atoms with E-state index in [4.69, 9.17) is 5.73 Å². The molecule has 2 aliphatic rings. The van der Waals surface area contributed by atoms with Crippen LogP contribution < -0.4 is 5.73 Å². The molecule has 0 saturated heterocycles. The molecule has 0 aromatic rings. The third-order valence-electron chi connectivity index (χ3n) is 3.06. The first-order valence-corrected chi connectivity index (χ1v) is 4.88. The van der Waals surface area contributed by atoms with Gasteiger partial charge in [-0.15, -0.1) is 0 Å². The van der Waals surface area contributed by atoms with E-state index in [-0.39, 0.29) is 5.54 Å². The van der Waals surface area contributed by atoms with Crippen molar-refractivity contribution in [2.75, 3.05) is 0 Å². The molecule has 1 unspecified atom stereocenters. The molecule has 2 N–H and O–H groups in total. The van der Waals surface area contributed by atoms with Crippen LogP contribution in [0.15, 0.2) is 23.3 Å². The predicted octanol–water partition coefficient (Wildman–Crippen LogP) is 2.53. The third-order valence-corrected chi connectivity index (χ3v) is 3.06. The summed E-state index contributed by atoms with van der Waals surface area (Å²) < 4.78 is 0. The quantitative estimate of drug-likeness (QED) is 0.583. The summed E-state index contributed by atoms with van der Waals surface area (Å²) in [5, 5.41) is 0. The minimum Gasteiger partial charge on any atom is -0.322 e. The molecule has 0 amide bonds. The molecule has 0 heterocycles. The number of rotatable bonds is 0. The number of nitrogens with two attached hydrogens (primary N) is 1. The highest BCUT2D eigenvalue weighted by Crippen LogP contribution is 2.36. The summed E-state index contributed by atoms with van der Waals surface area (Å²) in [7, 11) is 0. The molecule has 2 rings (SSSR count). The minimum absolute atomic E-state index is 0.0372. The van der Waals surface area contributed by atoms with Gasteiger partial charge in [0.15, 0.2) is 0 Å². The van der Waals surface area contributed by atoms with E-state index in [9.17, 15) is 0 Å². The zero-order chi connectivity index (χ0) is 8.60. The molecule has 0 aliphatic heterocycles. The Hall–Kier alpha value is -0.560. The summed E-state index contributed by atoms with van der Waals surface area (Å²) in [6, 6.07) is 0. The van der Waals surface area contributed by atoms with Gasteiger partial charge in [0.2, 0.25) is 0 Å². The zero-order valence-electron chi connectivity index (χ0n) is 7.77. The van der Waals surface area contributed by atoms with Crippen LogP contribution in [0.1, 0.15) is 39.0 Å². The Morgan fingerprint density at radius 2 is 2.08 bits per heavy atom. The highest BCUT2D eigenvalue weighted by Gasteiger charge is 2.28. The summed E-state index contributed by atoms with van der Waals surface area (Å²) >= 11 is 0. The van der Waals surface area contributed by atoms with Gasteiger partial charge in [0.25, 0.3) is 0 Å². The van der Waals surface area contributed by atoms with Gasteiger partial charge in [0.05, 0.1) is 0 Å². The standard InChI is InChI=1S/C11H17N/c1-11(12)8-4-6-9-5-2-3-7-10(9)11/h4,6H,2-3,5,7-8,12H2,1H3. The first-order valence-electron chi connectivity index (χ1n) is 4.88. The summed E-state index contributed by atoms with van der Waals surface area (Å²) in [4.78, 5) is 0. The van der Waals surface area contributed by atoms with Gasteiger partial charge in [-0.2, -0.15) is 0 Å². The van der Waals surface area contributed by atoms with Crippen LogP contribution in [0.2, 0.25) is 0 Å². The molecular formula is C11H17N. The largest absolute Gasteiger partial charge is 0.322 e. The van der Waals surface area contributed by atoms with Crippen LogP contribution in [0.4, 0.5) is 0 Å². The molecule has 0 bridgehead atoms. The molecule has 0 fully saturated rings. The fourth-order valence-electron chi connectivity index (χ4n) is 2.33. The average Bonchev–Trinajstić information content (AvgIpc) is 2.04. The smallest absolute Gasteiger partial charge is 0.0380 e. The zero-order valence-corrected chi connectivity index (χ0v) is 7.77. The number of allylic oxidation sites excluding steroid dienone is 2. The fraction of sp³-hybridized carbons (Fsp3) is 0.636. The van der Waals surface area contributed by atoms with Gasteiger partial charge >= 0.3 is 0 Å². The van der Waals surface area contributed by atoms with Crippen molar-refractivity contribution in [1.29, 1.82) is 0 Å². The lowest BCUT2D eigenvalue weighted by Crippen LogP contribution is -2.40. The van der Waals surface area contributed by atoms with Crippen molar-refractivity contribution >= 4 is 0 Å². The van der Waals surface area contributed by atoms with Crippen molar-refractivity contribution in [1.82, 2.24) is 0 Å². The van der Waals surface area contributed by atoms with Crippen LogP contribution in [-0.4, -0.2) is 5.54 Å². The fourth-order valence-corrected chi connectivity index (χ4v) is 2.33. The Balaban J connectivity index is 2.36. The molecule has 1 nitrogen and oxygen atoms in total. The normalized spacial score (nSPS) is 35.2. The lowest BCUT2D eigenvalue weighted by Gasteiger charge is -2.34. The Bertz CT molecular complexity index is 246. The molecule has 0 saturated carbocycles. The summed E-state index contributed by atoms with van der Waals surface area (Å²) in [6.45, 7) is 2.16. The van der Waals surface area contributed by atoms with Gasteiger partial charge in [-0.05, 0) is 50.2 Å². The Morgan fingerprint density at radius 1 is 1.33 bits per heavy atom. The number of hydrogen-bond donors (Lipinski definition) is 1. The van der Waals surface area contributed by atoms with Gasteiger partial charge in [-0.3, -0.25) is 0 Å². The summed E-state index contributed by atoms with van der Waals surface area (Å²) in [6.07, 6.45) is 10.7. The van der Waals surface area contributed by atoms with Gasteiger partial charge in [0.1, 0.15) is 0 Å². The van der Waals surface area contributed by atoms with Crippen molar-refractivity contribution in [3.8, 4) is 0 Å². The predicted molar refractivity (Wildman–Crippen MR) is 51.8 cm³/mol. The van der Waals surface area contributed by atoms with E-state index < -0.39 is 0 Å². The van der Waals surface area contributed by atoms with Gasteiger partial charge in [-0.25, -0.2) is 0 Å². The highest BCUT2D eigenvalue weighted by atomic mass is 14.7. The molecular weight excluding hydrogens is 146 g/mol. The van der Waals surface area contributed by atoms with E-state index in [0.29, 0.717) is 0 Å². The Labute approximate surface area is 74.3 Å². The summed E-state index contributed by atoms with van der Waals surface area (Å²) in [5.74, 6) is 0. The van der Waals surface area contributed by atoms with E-state index >= 15 is 0 Å². The molecule has 1 heteroatoms. The maximum Gasteiger partial charge on any atom is 0.0380 e. The Morgan fingerprint density at radius 3 is 2.83 bits per heavy atom. The van der Waals surface area contributed by atoms with Gasteiger partial charge in [0, 0.05) is 5.54 Å². The van der Waals surface area contributed by atoms with Crippen LogP contribution in [-0.2, 0) is 0 Å². The monoisotopic (exact) mass is 163 g/mol. The first kappa shape index (κ1) is 8.06. The molecule has 2 aliphatic carbocycles. The van der Waals surface area contributed by atoms with E-state index in [1.807, 2.05) is 0 Å². The average molecular weight is 163 g/mol. The van der Waals surface area contributed by atoms with Crippen LogP contribution in [0.3, 0.4) is 0 Å².